The van der Waals surface area contributed by atoms with Gasteiger partial charge in [-0.2, -0.15) is 0 Å². The number of hydrogen-bond acceptors (Lipinski definition) is 2. The summed E-state index contributed by atoms with van der Waals surface area (Å²) in [6, 6.07) is 21.3. The molecule has 0 aliphatic carbocycles. The maximum Gasteiger partial charge on any atom is 0.104 e. The molecule has 0 atom stereocenters. The van der Waals surface area contributed by atoms with Gasteiger partial charge in [-0.1, -0.05) is 48.5 Å². The number of para-hydroxylation sites is 1. The van der Waals surface area contributed by atoms with Crippen LogP contribution >= 0.6 is 0 Å². The first-order valence-corrected chi connectivity index (χ1v) is 8.09. The van der Waals surface area contributed by atoms with Gasteiger partial charge in [0.15, 0.2) is 0 Å². The normalized spacial score (nSPS) is 16.4. The Kier molecular flexibility index (Phi) is 4.28. The van der Waals surface area contributed by atoms with Crippen LogP contribution in [0.3, 0.4) is 0 Å². The molecule has 0 bridgehead atoms. The molecule has 0 unspecified atom stereocenters. The molecule has 0 saturated heterocycles. The van der Waals surface area contributed by atoms with E-state index in [1.807, 2.05) is 0 Å². The Labute approximate surface area is 133 Å². The molecule has 2 aromatic carbocycles. The van der Waals surface area contributed by atoms with Crippen LogP contribution in [-0.2, 0) is 6.42 Å². The molecule has 1 heterocycles. The van der Waals surface area contributed by atoms with Crippen LogP contribution in [0.25, 0.3) is 0 Å². The molecule has 2 nitrogen and oxygen atoms in total. The van der Waals surface area contributed by atoms with Crippen molar-refractivity contribution < 1.29 is 0 Å². The van der Waals surface area contributed by atoms with Crippen LogP contribution in [-0.4, -0.2) is 17.9 Å². The van der Waals surface area contributed by atoms with Gasteiger partial charge in [0.05, 0.1) is 5.54 Å². The molecule has 114 valence electrons. The molecule has 1 aliphatic rings. The zero-order valence-corrected chi connectivity index (χ0v) is 13.5. The quantitative estimate of drug-likeness (QED) is 0.797. The third-order valence-corrected chi connectivity index (χ3v) is 4.24. The Morgan fingerprint density at radius 1 is 0.955 bits per heavy atom. The van der Waals surface area contributed by atoms with Gasteiger partial charge in [-0.15, -0.1) is 0 Å². The Morgan fingerprint density at radius 3 is 2.18 bits per heavy atom. The highest BCUT2D eigenvalue weighted by Crippen LogP contribution is 2.28. The standard InChI is InChI=1S/C20H24N2/c1-20(2)15-13-19(21-20)22(18-11-7-4-8-12-18)16-14-17-9-5-3-6-10-17/h3-12H,13-16H2,1-2H3. The van der Waals surface area contributed by atoms with Gasteiger partial charge < -0.3 is 4.90 Å². The highest BCUT2D eigenvalue weighted by molar-refractivity contribution is 5.99. The first-order chi connectivity index (χ1) is 10.6. The molecule has 3 rings (SSSR count). The molecule has 0 radical (unpaired) electrons. The lowest BCUT2D eigenvalue weighted by molar-refractivity contribution is 0.522. The SMILES string of the molecule is CC1(C)CCC(N(CCc2ccccc2)c2ccccc2)=N1. The third-order valence-electron chi connectivity index (χ3n) is 4.24. The Bertz CT molecular complexity index is 629. The number of hydrogen-bond donors (Lipinski definition) is 0. The number of rotatable bonds is 4. The van der Waals surface area contributed by atoms with E-state index in [0.29, 0.717) is 0 Å². The largest absolute Gasteiger partial charge is 0.330 e. The van der Waals surface area contributed by atoms with E-state index in [1.54, 1.807) is 0 Å². The molecular formula is C20H24N2. The van der Waals surface area contributed by atoms with Gasteiger partial charge in [0.2, 0.25) is 0 Å². The van der Waals surface area contributed by atoms with Gasteiger partial charge >= 0.3 is 0 Å². The molecule has 0 saturated carbocycles. The summed E-state index contributed by atoms with van der Waals surface area (Å²) in [5.74, 6) is 1.23. The number of benzene rings is 2. The monoisotopic (exact) mass is 292 g/mol. The summed E-state index contributed by atoms with van der Waals surface area (Å²) >= 11 is 0. The average Bonchev–Trinajstić information content (AvgIpc) is 2.89. The van der Waals surface area contributed by atoms with Crippen LogP contribution in [0.1, 0.15) is 32.3 Å². The molecule has 1 aliphatic heterocycles. The van der Waals surface area contributed by atoms with E-state index in [9.17, 15) is 0 Å². The van der Waals surface area contributed by atoms with E-state index in [2.05, 4.69) is 79.4 Å². The van der Waals surface area contributed by atoms with E-state index < -0.39 is 0 Å². The molecule has 0 fully saturated rings. The highest BCUT2D eigenvalue weighted by atomic mass is 15.2. The fourth-order valence-electron chi connectivity index (χ4n) is 2.97. The topological polar surface area (TPSA) is 15.6 Å². The van der Waals surface area contributed by atoms with Crippen LogP contribution in [0, 0.1) is 0 Å². The highest BCUT2D eigenvalue weighted by Gasteiger charge is 2.28. The van der Waals surface area contributed by atoms with Gasteiger partial charge in [0.25, 0.3) is 0 Å². The van der Waals surface area contributed by atoms with Crippen molar-refractivity contribution in [3.05, 3.63) is 66.2 Å². The van der Waals surface area contributed by atoms with Gasteiger partial charge in [-0.25, -0.2) is 0 Å². The maximum atomic E-state index is 4.95. The maximum absolute atomic E-state index is 4.95. The second-order valence-electron chi connectivity index (χ2n) is 6.56. The zero-order valence-electron chi connectivity index (χ0n) is 13.5. The molecule has 2 heteroatoms. The smallest absolute Gasteiger partial charge is 0.104 e. The second-order valence-corrected chi connectivity index (χ2v) is 6.56. The fourth-order valence-corrected chi connectivity index (χ4v) is 2.97. The van der Waals surface area contributed by atoms with E-state index >= 15 is 0 Å². The van der Waals surface area contributed by atoms with Crippen LogP contribution in [0.2, 0.25) is 0 Å². The molecular weight excluding hydrogens is 268 g/mol. The van der Waals surface area contributed by atoms with Crippen molar-refractivity contribution in [2.45, 2.75) is 38.6 Å². The minimum atomic E-state index is 0.0785. The van der Waals surface area contributed by atoms with E-state index in [1.165, 1.54) is 17.1 Å². The summed E-state index contributed by atoms with van der Waals surface area (Å²) in [5.41, 5.74) is 2.70. The van der Waals surface area contributed by atoms with Gasteiger partial charge in [-0.05, 0) is 44.4 Å². The molecule has 0 amide bonds. The van der Waals surface area contributed by atoms with E-state index in [0.717, 1.165) is 25.8 Å². The lowest BCUT2D eigenvalue weighted by atomic mass is 10.0. The molecule has 0 aromatic heterocycles. The predicted molar refractivity (Wildman–Crippen MR) is 94.7 cm³/mol. The Morgan fingerprint density at radius 2 is 1.59 bits per heavy atom. The molecule has 0 N–H and O–H groups in total. The van der Waals surface area contributed by atoms with Crippen molar-refractivity contribution in [2.24, 2.45) is 4.99 Å². The Hall–Kier alpha value is -2.09. The van der Waals surface area contributed by atoms with Crippen molar-refractivity contribution in [1.82, 2.24) is 0 Å². The van der Waals surface area contributed by atoms with Crippen molar-refractivity contribution in [3.63, 3.8) is 0 Å². The predicted octanol–water partition coefficient (Wildman–Crippen LogP) is 4.71. The first kappa shape index (κ1) is 14.8. The lowest BCUT2D eigenvalue weighted by Gasteiger charge is -2.25. The number of aliphatic imine (C=N–C) groups is 1. The summed E-state index contributed by atoms with van der Waals surface area (Å²) in [6.07, 6.45) is 3.24. The summed E-state index contributed by atoms with van der Waals surface area (Å²) in [7, 11) is 0. The summed E-state index contributed by atoms with van der Waals surface area (Å²) < 4.78 is 0. The average molecular weight is 292 g/mol. The number of amidine groups is 1. The van der Waals surface area contributed by atoms with Crippen molar-refractivity contribution in [1.29, 1.82) is 0 Å². The van der Waals surface area contributed by atoms with Crippen molar-refractivity contribution in [3.8, 4) is 0 Å². The molecule has 0 spiro atoms. The van der Waals surface area contributed by atoms with Crippen LogP contribution in [0.5, 0.6) is 0 Å². The third kappa shape index (κ3) is 3.56. The van der Waals surface area contributed by atoms with E-state index in [4.69, 9.17) is 4.99 Å². The second kappa shape index (κ2) is 6.35. The summed E-state index contributed by atoms with van der Waals surface area (Å²) in [6.45, 7) is 5.42. The Balaban J connectivity index is 1.81. The summed E-state index contributed by atoms with van der Waals surface area (Å²) in [5, 5.41) is 0. The zero-order chi connectivity index (χ0) is 15.4. The molecule has 2 aromatic rings. The van der Waals surface area contributed by atoms with Crippen molar-refractivity contribution >= 4 is 11.5 Å². The summed E-state index contributed by atoms with van der Waals surface area (Å²) in [4.78, 5) is 7.34. The van der Waals surface area contributed by atoms with Crippen LogP contribution in [0.15, 0.2) is 65.7 Å². The minimum Gasteiger partial charge on any atom is -0.330 e. The van der Waals surface area contributed by atoms with Gasteiger partial charge in [0, 0.05) is 18.7 Å². The number of anilines is 1. The van der Waals surface area contributed by atoms with Gasteiger partial charge in [-0.3, -0.25) is 4.99 Å². The van der Waals surface area contributed by atoms with Crippen LogP contribution < -0.4 is 4.90 Å². The van der Waals surface area contributed by atoms with Crippen molar-refractivity contribution in [2.75, 3.05) is 11.4 Å². The number of nitrogens with zero attached hydrogens (tertiary/aromatic N) is 2. The lowest BCUT2D eigenvalue weighted by Crippen LogP contribution is -2.31. The molecule has 22 heavy (non-hydrogen) atoms. The fraction of sp³-hybridized carbons (Fsp3) is 0.350. The first-order valence-electron chi connectivity index (χ1n) is 8.09. The van der Waals surface area contributed by atoms with E-state index in [-0.39, 0.29) is 5.54 Å². The van der Waals surface area contributed by atoms with Gasteiger partial charge in [0.1, 0.15) is 5.84 Å². The van der Waals surface area contributed by atoms with Crippen LogP contribution in [0.4, 0.5) is 5.69 Å². The minimum absolute atomic E-state index is 0.0785.